The molecule has 0 spiro atoms. The van der Waals surface area contributed by atoms with Crippen molar-refractivity contribution in [3.8, 4) is 11.5 Å². The van der Waals surface area contributed by atoms with Crippen molar-refractivity contribution in [2.45, 2.75) is 26.8 Å². The summed E-state index contributed by atoms with van der Waals surface area (Å²) in [6.45, 7) is 5.66. The van der Waals surface area contributed by atoms with Crippen molar-refractivity contribution in [3.05, 3.63) is 94.1 Å². The van der Waals surface area contributed by atoms with Crippen LogP contribution in [0.5, 0.6) is 11.5 Å². The number of ether oxygens (including phenoxy) is 1. The van der Waals surface area contributed by atoms with E-state index in [1.165, 1.54) is 17.0 Å². The molecule has 0 bridgehead atoms. The number of anilines is 1. The maximum atomic E-state index is 13.3. The Kier molecular flexibility index (Phi) is 5.68. The van der Waals surface area contributed by atoms with Gasteiger partial charge in [-0.25, -0.2) is 0 Å². The van der Waals surface area contributed by atoms with E-state index < -0.39 is 17.7 Å². The molecule has 1 fully saturated rings. The largest absolute Gasteiger partial charge is 0.508 e. The lowest BCUT2D eigenvalue weighted by molar-refractivity contribution is -0.132. The molecule has 3 aromatic rings. The number of ketones is 1. The highest BCUT2D eigenvalue weighted by Crippen LogP contribution is 2.44. The summed E-state index contributed by atoms with van der Waals surface area (Å²) in [5, 5.41) is 21.0. The standard InChI is InChI=1S/C27H25NO5/c1-15-6-5-7-21(17(15)3)28-24(18-8-11-20(29)12-9-18)23(26(31)27(28)32)25(30)19-10-13-22(33-4)16(2)14-19/h5-14,24,29-30H,1-4H3/b25-23+. The molecule has 33 heavy (non-hydrogen) atoms. The second-order valence-corrected chi connectivity index (χ2v) is 8.16. The number of nitrogens with zero attached hydrogens (tertiary/aromatic N) is 1. The molecule has 168 valence electrons. The van der Waals surface area contributed by atoms with Crippen LogP contribution in [0.2, 0.25) is 0 Å². The smallest absolute Gasteiger partial charge is 0.300 e. The van der Waals surface area contributed by atoms with E-state index in [-0.39, 0.29) is 17.1 Å². The summed E-state index contributed by atoms with van der Waals surface area (Å²) in [6.07, 6.45) is 0. The van der Waals surface area contributed by atoms with Crippen LogP contribution in [0.3, 0.4) is 0 Å². The van der Waals surface area contributed by atoms with Gasteiger partial charge in [0, 0.05) is 11.3 Å². The molecule has 1 saturated heterocycles. The third kappa shape index (κ3) is 3.74. The Hall–Kier alpha value is -4.06. The van der Waals surface area contributed by atoms with Crippen LogP contribution in [0, 0.1) is 20.8 Å². The minimum absolute atomic E-state index is 0.00355. The number of aryl methyl sites for hydroxylation is 2. The summed E-state index contributed by atoms with van der Waals surface area (Å²) in [5.41, 5.74) is 4.23. The van der Waals surface area contributed by atoms with Crippen molar-refractivity contribution in [2.75, 3.05) is 12.0 Å². The molecular formula is C27H25NO5. The van der Waals surface area contributed by atoms with Crippen LogP contribution in [-0.2, 0) is 9.59 Å². The number of rotatable bonds is 4. The number of hydrogen-bond acceptors (Lipinski definition) is 5. The number of amides is 1. The number of phenolic OH excluding ortho intramolecular Hbond substituents is 1. The molecule has 6 nitrogen and oxygen atoms in total. The highest BCUT2D eigenvalue weighted by molar-refractivity contribution is 6.51. The van der Waals surface area contributed by atoms with Crippen molar-refractivity contribution < 1.29 is 24.5 Å². The molecule has 3 aromatic carbocycles. The van der Waals surface area contributed by atoms with E-state index in [1.54, 1.807) is 43.5 Å². The van der Waals surface area contributed by atoms with Gasteiger partial charge >= 0.3 is 0 Å². The Bertz CT molecular complexity index is 1290. The maximum Gasteiger partial charge on any atom is 0.300 e. The zero-order chi connectivity index (χ0) is 23.9. The minimum atomic E-state index is -0.853. The summed E-state index contributed by atoms with van der Waals surface area (Å²) in [7, 11) is 1.56. The predicted octanol–water partition coefficient (Wildman–Crippen LogP) is 4.95. The van der Waals surface area contributed by atoms with Gasteiger partial charge in [-0.15, -0.1) is 0 Å². The average molecular weight is 443 g/mol. The van der Waals surface area contributed by atoms with E-state index in [2.05, 4.69) is 0 Å². The lowest BCUT2D eigenvalue weighted by atomic mass is 9.94. The lowest BCUT2D eigenvalue weighted by Crippen LogP contribution is -2.30. The van der Waals surface area contributed by atoms with Crippen LogP contribution in [0.25, 0.3) is 5.76 Å². The van der Waals surface area contributed by atoms with Crippen LogP contribution < -0.4 is 9.64 Å². The van der Waals surface area contributed by atoms with Crippen LogP contribution >= 0.6 is 0 Å². The molecule has 4 rings (SSSR count). The number of aliphatic hydroxyl groups excluding tert-OH is 1. The predicted molar refractivity (Wildman–Crippen MR) is 127 cm³/mol. The first-order valence-corrected chi connectivity index (χ1v) is 10.6. The number of benzene rings is 3. The highest BCUT2D eigenvalue weighted by atomic mass is 16.5. The van der Waals surface area contributed by atoms with Crippen molar-refractivity contribution in [3.63, 3.8) is 0 Å². The molecule has 1 atom stereocenters. The fraction of sp³-hybridized carbons (Fsp3) is 0.185. The quantitative estimate of drug-likeness (QED) is 0.338. The molecule has 1 aliphatic rings. The van der Waals surface area contributed by atoms with Crippen molar-refractivity contribution in [1.82, 2.24) is 0 Å². The van der Waals surface area contributed by atoms with Gasteiger partial charge in [0.15, 0.2) is 0 Å². The zero-order valence-electron chi connectivity index (χ0n) is 18.9. The monoisotopic (exact) mass is 443 g/mol. The van der Waals surface area contributed by atoms with Crippen LogP contribution in [0.15, 0.2) is 66.2 Å². The number of carbonyl (C=O) groups is 2. The molecule has 0 saturated carbocycles. The summed E-state index contributed by atoms with van der Waals surface area (Å²) in [4.78, 5) is 28.0. The van der Waals surface area contributed by atoms with Crippen LogP contribution in [-0.4, -0.2) is 29.0 Å². The Morgan fingerprint density at radius 3 is 2.27 bits per heavy atom. The van der Waals surface area contributed by atoms with Crippen molar-refractivity contribution in [2.24, 2.45) is 0 Å². The fourth-order valence-corrected chi connectivity index (χ4v) is 4.23. The summed E-state index contributed by atoms with van der Waals surface area (Å²) < 4.78 is 5.29. The average Bonchev–Trinajstić information content (AvgIpc) is 3.06. The first-order valence-electron chi connectivity index (χ1n) is 10.6. The van der Waals surface area contributed by atoms with E-state index >= 15 is 0 Å². The molecule has 0 aliphatic carbocycles. The summed E-state index contributed by atoms with van der Waals surface area (Å²) in [6, 6.07) is 16.1. The van der Waals surface area contributed by atoms with Crippen molar-refractivity contribution in [1.29, 1.82) is 0 Å². The van der Waals surface area contributed by atoms with Gasteiger partial charge in [-0.2, -0.15) is 0 Å². The number of carbonyl (C=O) groups excluding carboxylic acids is 2. The first kappa shape index (κ1) is 22.1. The Balaban J connectivity index is 1.97. The molecule has 2 N–H and O–H groups in total. The van der Waals surface area contributed by atoms with Gasteiger partial charge in [0.1, 0.15) is 17.3 Å². The van der Waals surface area contributed by atoms with Gasteiger partial charge in [0.05, 0.1) is 18.7 Å². The number of Topliss-reactive ketones (excluding diaryl/α,β-unsaturated/α-hetero) is 1. The van der Waals surface area contributed by atoms with Crippen LogP contribution in [0.4, 0.5) is 5.69 Å². The summed E-state index contributed by atoms with van der Waals surface area (Å²) in [5.74, 6) is -1.02. The number of aromatic hydroxyl groups is 1. The van der Waals surface area contributed by atoms with Gasteiger partial charge in [0.2, 0.25) is 0 Å². The lowest BCUT2D eigenvalue weighted by Gasteiger charge is -2.27. The molecule has 0 radical (unpaired) electrons. The molecule has 1 amide bonds. The van der Waals surface area contributed by atoms with E-state index in [0.717, 1.165) is 16.7 Å². The number of methoxy groups -OCH3 is 1. The maximum absolute atomic E-state index is 13.3. The topological polar surface area (TPSA) is 87.1 Å². The molecule has 1 heterocycles. The number of phenols is 1. The number of hydrogen-bond donors (Lipinski definition) is 2. The molecular weight excluding hydrogens is 418 g/mol. The SMILES string of the molecule is COc1ccc(/C(O)=C2\C(=O)C(=O)N(c3cccc(C)c3C)C2c2ccc(O)cc2)cc1C. The second-order valence-electron chi connectivity index (χ2n) is 8.16. The minimum Gasteiger partial charge on any atom is -0.508 e. The van der Waals surface area contributed by atoms with Gasteiger partial charge in [-0.3, -0.25) is 14.5 Å². The van der Waals surface area contributed by atoms with E-state index in [1.807, 2.05) is 32.9 Å². The normalized spacial score (nSPS) is 17.5. The van der Waals surface area contributed by atoms with Crippen LogP contribution in [0.1, 0.15) is 33.9 Å². The van der Waals surface area contributed by atoms with Gasteiger partial charge in [-0.1, -0.05) is 24.3 Å². The van der Waals surface area contributed by atoms with Gasteiger partial charge < -0.3 is 14.9 Å². The van der Waals surface area contributed by atoms with Gasteiger partial charge in [0.25, 0.3) is 11.7 Å². The highest BCUT2D eigenvalue weighted by Gasteiger charge is 2.47. The Labute approximate surface area is 192 Å². The van der Waals surface area contributed by atoms with E-state index in [4.69, 9.17) is 4.74 Å². The molecule has 1 aliphatic heterocycles. The summed E-state index contributed by atoms with van der Waals surface area (Å²) >= 11 is 0. The van der Waals surface area contributed by atoms with Crippen molar-refractivity contribution >= 4 is 23.1 Å². The molecule has 6 heteroatoms. The Morgan fingerprint density at radius 1 is 0.939 bits per heavy atom. The molecule has 0 aromatic heterocycles. The second kappa shape index (κ2) is 8.47. The van der Waals surface area contributed by atoms with E-state index in [9.17, 15) is 19.8 Å². The molecule has 1 unspecified atom stereocenters. The Morgan fingerprint density at radius 2 is 1.64 bits per heavy atom. The third-order valence-corrected chi connectivity index (χ3v) is 6.16. The number of aliphatic hydroxyl groups is 1. The first-order chi connectivity index (χ1) is 15.7. The van der Waals surface area contributed by atoms with Gasteiger partial charge in [-0.05, 0) is 79.4 Å². The van der Waals surface area contributed by atoms with E-state index in [0.29, 0.717) is 22.6 Å². The fourth-order valence-electron chi connectivity index (χ4n) is 4.23. The third-order valence-electron chi connectivity index (χ3n) is 6.16. The zero-order valence-corrected chi connectivity index (χ0v) is 18.9.